The molecule has 0 aromatic heterocycles. The van der Waals surface area contributed by atoms with Gasteiger partial charge in [-0.1, -0.05) is 37.3 Å². The van der Waals surface area contributed by atoms with Crippen molar-refractivity contribution in [3.05, 3.63) is 64.7 Å². The molecule has 0 bridgehead atoms. The van der Waals surface area contributed by atoms with E-state index in [1.807, 2.05) is 12.1 Å². The molecule has 3 heteroatoms. The van der Waals surface area contributed by atoms with Gasteiger partial charge >= 0.3 is 0 Å². The molecule has 0 radical (unpaired) electrons. The van der Waals surface area contributed by atoms with Gasteiger partial charge in [-0.05, 0) is 66.9 Å². The van der Waals surface area contributed by atoms with E-state index in [1.54, 1.807) is 0 Å². The summed E-state index contributed by atoms with van der Waals surface area (Å²) in [6.45, 7) is 3.01. The molecule has 146 valence electrons. The normalized spacial score (nSPS) is 17.4. The summed E-state index contributed by atoms with van der Waals surface area (Å²) >= 11 is 0. The van der Waals surface area contributed by atoms with Crippen LogP contribution < -0.4 is 4.90 Å². The van der Waals surface area contributed by atoms with Gasteiger partial charge in [0.05, 0.1) is 0 Å². The molecule has 0 saturated heterocycles. The van der Waals surface area contributed by atoms with Gasteiger partial charge in [0, 0.05) is 36.8 Å². The van der Waals surface area contributed by atoms with Crippen molar-refractivity contribution in [1.29, 1.82) is 0 Å². The topological polar surface area (TPSA) is 40.5 Å². The third-order valence-corrected chi connectivity index (χ3v) is 6.24. The lowest BCUT2D eigenvalue weighted by atomic mass is 9.81. The first-order valence-electron chi connectivity index (χ1n) is 10.4. The summed E-state index contributed by atoms with van der Waals surface area (Å²) in [4.78, 5) is 14.8. The van der Waals surface area contributed by atoms with Crippen LogP contribution >= 0.6 is 0 Å². The Morgan fingerprint density at radius 3 is 2.71 bits per heavy atom. The monoisotopic (exact) mass is 375 g/mol. The second kappa shape index (κ2) is 7.83. The van der Waals surface area contributed by atoms with Crippen molar-refractivity contribution in [3.8, 4) is 5.75 Å². The average Bonchev–Trinajstić information content (AvgIpc) is 2.68. The quantitative estimate of drug-likeness (QED) is 0.753. The summed E-state index contributed by atoms with van der Waals surface area (Å²) in [6, 6.07) is 14.5. The van der Waals surface area contributed by atoms with Crippen molar-refractivity contribution in [2.75, 3.05) is 18.5 Å². The lowest BCUT2D eigenvalue weighted by molar-refractivity contribution is -0.114. The van der Waals surface area contributed by atoms with Gasteiger partial charge in [0.15, 0.2) is 5.78 Å². The number of aryl methyl sites for hydroxylation is 1. The highest BCUT2D eigenvalue weighted by Gasteiger charge is 2.30. The number of likely N-dealkylation sites (N-methyl/N-ethyl adjacent to an activating group) is 1. The van der Waals surface area contributed by atoms with Crippen LogP contribution in [-0.2, 0) is 11.2 Å². The van der Waals surface area contributed by atoms with E-state index in [2.05, 4.69) is 49.2 Å². The summed E-state index contributed by atoms with van der Waals surface area (Å²) in [7, 11) is 2.09. The minimum absolute atomic E-state index is 0.235. The smallest absolute Gasteiger partial charge is 0.163 e. The van der Waals surface area contributed by atoms with Crippen molar-refractivity contribution < 1.29 is 9.90 Å². The Balaban J connectivity index is 1.56. The molecule has 1 N–H and O–H groups in total. The highest BCUT2D eigenvalue weighted by molar-refractivity contribution is 6.24. The van der Waals surface area contributed by atoms with Crippen LogP contribution in [0.2, 0.25) is 0 Å². The molecule has 0 fully saturated rings. The van der Waals surface area contributed by atoms with Crippen molar-refractivity contribution in [2.45, 2.75) is 51.4 Å². The fourth-order valence-corrected chi connectivity index (χ4v) is 4.70. The Labute approximate surface area is 167 Å². The Bertz CT molecular complexity index is 914. The highest BCUT2D eigenvalue weighted by Crippen LogP contribution is 2.44. The van der Waals surface area contributed by atoms with Gasteiger partial charge in [-0.15, -0.1) is 0 Å². The zero-order valence-electron chi connectivity index (χ0n) is 16.9. The summed E-state index contributed by atoms with van der Waals surface area (Å²) in [6.07, 6.45) is 5.73. The lowest BCUT2D eigenvalue weighted by Crippen LogP contribution is -2.29. The molecule has 1 aliphatic carbocycles. The van der Waals surface area contributed by atoms with Gasteiger partial charge in [-0.3, -0.25) is 4.79 Å². The third-order valence-electron chi connectivity index (χ3n) is 6.24. The minimum atomic E-state index is 0.235. The molecule has 2 aliphatic rings. The maximum atomic E-state index is 12.5. The molecular weight excluding hydrogens is 346 g/mol. The molecule has 2 aromatic carbocycles. The zero-order valence-corrected chi connectivity index (χ0v) is 16.9. The number of carbonyl (C=O) groups is 1. The number of rotatable bonds is 5. The molecule has 1 atom stereocenters. The summed E-state index contributed by atoms with van der Waals surface area (Å²) in [5, 5.41) is 10.8. The maximum absolute atomic E-state index is 12.5. The first-order valence-corrected chi connectivity index (χ1v) is 10.4. The fourth-order valence-electron chi connectivity index (χ4n) is 4.70. The van der Waals surface area contributed by atoms with Crippen LogP contribution in [-0.4, -0.2) is 24.5 Å². The molecule has 28 heavy (non-hydrogen) atoms. The van der Waals surface area contributed by atoms with Crippen molar-refractivity contribution in [3.63, 3.8) is 0 Å². The first kappa shape index (κ1) is 18.8. The zero-order chi connectivity index (χ0) is 19.7. The van der Waals surface area contributed by atoms with E-state index in [-0.39, 0.29) is 11.7 Å². The number of phenols is 1. The van der Waals surface area contributed by atoms with Crippen LogP contribution in [0.5, 0.6) is 5.75 Å². The Hall–Kier alpha value is -2.55. The molecule has 0 spiro atoms. The van der Waals surface area contributed by atoms with Gasteiger partial charge < -0.3 is 10.0 Å². The summed E-state index contributed by atoms with van der Waals surface area (Å²) in [5.74, 6) is 0.838. The van der Waals surface area contributed by atoms with E-state index < -0.39 is 0 Å². The van der Waals surface area contributed by atoms with Gasteiger partial charge in [0.1, 0.15) is 5.75 Å². The fraction of sp³-hybridized carbons (Fsp3) is 0.400. The summed E-state index contributed by atoms with van der Waals surface area (Å²) in [5.41, 5.74) is 6.46. The number of ketones is 1. The van der Waals surface area contributed by atoms with Crippen molar-refractivity contribution in [1.82, 2.24) is 0 Å². The number of allylic oxidation sites excluding steroid dienone is 1. The van der Waals surface area contributed by atoms with Crippen LogP contribution in [0.15, 0.2) is 48.0 Å². The van der Waals surface area contributed by atoms with E-state index in [9.17, 15) is 9.90 Å². The number of hydrogen-bond acceptors (Lipinski definition) is 3. The largest absolute Gasteiger partial charge is 0.508 e. The van der Waals surface area contributed by atoms with Crippen LogP contribution in [0.4, 0.5) is 5.69 Å². The van der Waals surface area contributed by atoms with Gasteiger partial charge in [0.2, 0.25) is 0 Å². The second-order valence-electron chi connectivity index (χ2n) is 8.32. The van der Waals surface area contributed by atoms with E-state index in [0.29, 0.717) is 12.2 Å². The molecule has 1 heterocycles. The van der Waals surface area contributed by atoms with Crippen LogP contribution in [0, 0.1) is 0 Å². The molecule has 0 amide bonds. The standard InChI is InChI=1S/C25H29NO2/c1-17(8-6-11-18-9-4-3-5-10-18)20-14-22-21(15-24(20)28)25-19(16-26(22)2)12-7-13-23(25)27/h3-5,9-10,14-15,17,28H,6-8,11-13,16H2,1-2H3. The predicted octanol–water partition coefficient (Wildman–Crippen LogP) is 5.48. The van der Waals surface area contributed by atoms with E-state index in [0.717, 1.165) is 61.0 Å². The average molecular weight is 376 g/mol. The van der Waals surface area contributed by atoms with E-state index >= 15 is 0 Å². The van der Waals surface area contributed by atoms with Crippen molar-refractivity contribution >= 4 is 17.0 Å². The number of phenolic OH excluding ortho intramolecular Hbond substituents is 1. The SMILES string of the molecule is CC(CCCc1ccccc1)c1cc2c(cc1O)C1=C(CCCC1=O)CN2C. The lowest BCUT2D eigenvalue weighted by Gasteiger charge is -2.34. The minimum Gasteiger partial charge on any atom is -0.508 e. The number of carbonyl (C=O) groups excluding carboxylic acids is 1. The van der Waals surface area contributed by atoms with Gasteiger partial charge in [-0.25, -0.2) is 0 Å². The van der Waals surface area contributed by atoms with Gasteiger partial charge in [0.25, 0.3) is 0 Å². The molecule has 3 nitrogen and oxygen atoms in total. The van der Waals surface area contributed by atoms with E-state index in [1.165, 1.54) is 11.1 Å². The maximum Gasteiger partial charge on any atom is 0.163 e. The molecule has 1 unspecified atom stereocenters. The van der Waals surface area contributed by atoms with Crippen LogP contribution in [0.3, 0.4) is 0 Å². The Kier molecular flexibility index (Phi) is 5.25. The molecular formula is C25H29NO2. The molecule has 1 aliphatic heterocycles. The highest BCUT2D eigenvalue weighted by atomic mass is 16.3. The molecule has 4 rings (SSSR count). The Morgan fingerprint density at radius 1 is 1.14 bits per heavy atom. The Morgan fingerprint density at radius 2 is 1.93 bits per heavy atom. The third kappa shape index (κ3) is 3.58. The second-order valence-corrected chi connectivity index (χ2v) is 8.32. The number of hydrogen-bond donors (Lipinski definition) is 1. The molecule has 0 saturated carbocycles. The number of anilines is 1. The number of nitrogens with zero attached hydrogens (tertiary/aromatic N) is 1. The number of benzene rings is 2. The number of Topliss-reactive ketones (excluding diaryl/α,β-unsaturated/α-hetero) is 1. The number of fused-ring (bicyclic) bond motifs is 2. The van der Waals surface area contributed by atoms with Crippen LogP contribution in [0.25, 0.3) is 5.57 Å². The molecule has 2 aromatic rings. The van der Waals surface area contributed by atoms with Gasteiger partial charge in [-0.2, -0.15) is 0 Å². The predicted molar refractivity (Wildman–Crippen MR) is 115 cm³/mol. The summed E-state index contributed by atoms with van der Waals surface area (Å²) < 4.78 is 0. The van der Waals surface area contributed by atoms with E-state index in [4.69, 9.17) is 0 Å². The van der Waals surface area contributed by atoms with Crippen LogP contribution in [0.1, 0.15) is 61.6 Å². The number of aromatic hydroxyl groups is 1. The van der Waals surface area contributed by atoms with Crippen molar-refractivity contribution in [2.24, 2.45) is 0 Å². The first-order chi connectivity index (χ1) is 13.5.